The molecule has 54 valence electrons. The van der Waals surface area contributed by atoms with Crippen LogP contribution < -0.4 is 5.32 Å². The highest BCUT2D eigenvalue weighted by Crippen LogP contribution is 1.93. The quantitative estimate of drug-likeness (QED) is 0.611. The van der Waals surface area contributed by atoms with Gasteiger partial charge in [-0.25, -0.2) is 0 Å². The van der Waals surface area contributed by atoms with E-state index >= 15 is 0 Å². The Morgan fingerprint density at radius 1 is 1.56 bits per heavy atom. The van der Waals surface area contributed by atoms with E-state index in [4.69, 9.17) is 0 Å². The standard InChI is InChI=1S/C8H17N/c1-4-6-8(3)9-7-5-2/h5,7-9H,4,6H2,1-3H3/b7-5-. The molecule has 0 saturated carbocycles. The van der Waals surface area contributed by atoms with Crippen LogP contribution in [0.25, 0.3) is 0 Å². The molecule has 0 aliphatic rings. The molecule has 0 fully saturated rings. The molecule has 1 atom stereocenters. The van der Waals surface area contributed by atoms with Gasteiger partial charge in [0.2, 0.25) is 0 Å². The molecule has 0 bridgehead atoms. The SMILES string of the molecule is C/C=C\NC(C)CCC. The lowest BCUT2D eigenvalue weighted by Crippen LogP contribution is -2.19. The van der Waals surface area contributed by atoms with E-state index in [1.807, 2.05) is 19.2 Å². The van der Waals surface area contributed by atoms with Crippen molar-refractivity contribution in [3.63, 3.8) is 0 Å². The van der Waals surface area contributed by atoms with E-state index < -0.39 is 0 Å². The van der Waals surface area contributed by atoms with Gasteiger partial charge in [0.1, 0.15) is 0 Å². The highest BCUT2D eigenvalue weighted by atomic mass is 14.9. The summed E-state index contributed by atoms with van der Waals surface area (Å²) in [6, 6.07) is 0.631. The summed E-state index contributed by atoms with van der Waals surface area (Å²) in [7, 11) is 0. The topological polar surface area (TPSA) is 12.0 Å². The first-order valence-corrected chi connectivity index (χ1v) is 3.68. The number of nitrogens with one attached hydrogen (secondary N) is 1. The number of allylic oxidation sites excluding steroid dienone is 1. The van der Waals surface area contributed by atoms with Crippen LogP contribution in [0.5, 0.6) is 0 Å². The molecule has 1 unspecified atom stereocenters. The number of rotatable bonds is 4. The zero-order valence-electron chi connectivity index (χ0n) is 6.65. The minimum Gasteiger partial charge on any atom is -0.389 e. The van der Waals surface area contributed by atoms with E-state index in [1.165, 1.54) is 12.8 Å². The van der Waals surface area contributed by atoms with E-state index in [-0.39, 0.29) is 0 Å². The highest BCUT2D eigenvalue weighted by Gasteiger charge is 1.92. The molecule has 0 amide bonds. The molecule has 0 aliphatic heterocycles. The zero-order chi connectivity index (χ0) is 7.11. The summed E-state index contributed by atoms with van der Waals surface area (Å²) in [5, 5.41) is 3.25. The van der Waals surface area contributed by atoms with Crippen molar-refractivity contribution < 1.29 is 0 Å². The van der Waals surface area contributed by atoms with Gasteiger partial charge < -0.3 is 5.32 Å². The van der Waals surface area contributed by atoms with Crippen LogP contribution >= 0.6 is 0 Å². The first kappa shape index (κ1) is 8.54. The number of hydrogen-bond donors (Lipinski definition) is 1. The average molecular weight is 127 g/mol. The predicted molar refractivity (Wildman–Crippen MR) is 42.3 cm³/mol. The van der Waals surface area contributed by atoms with Crippen LogP contribution in [0.2, 0.25) is 0 Å². The van der Waals surface area contributed by atoms with Crippen LogP contribution in [0.3, 0.4) is 0 Å². The Hall–Kier alpha value is -0.460. The van der Waals surface area contributed by atoms with Crippen molar-refractivity contribution in [2.24, 2.45) is 0 Å². The lowest BCUT2D eigenvalue weighted by Gasteiger charge is -2.08. The van der Waals surface area contributed by atoms with Crippen molar-refractivity contribution in [3.8, 4) is 0 Å². The van der Waals surface area contributed by atoms with E-state index in [2.05, 4.69) is 19.2 Å². The van der Waals surface area contributed by atoms with E-state index in [0.717, 1.165) is 0 Å². The van der Waals surface area contributed by atoms with E-state index in [9.17, 15) is 0 Å². The molecule has 0 aromatic carbocycles. The molecular weight excluding hydrogens is 110 g/mol. The van der Waals surface area contributed by atoms with Crippen molar-refractivity contribution in [2.75, 3.05) is 0 Å². The van der Waals surface area contributed by atoms with Gasteiger partial charge in [-0.15, -0.1) is 0 Å². The van der Waals surface area contributed by atoms with E-state index in [1.54, 1.807) is 0 Å². The third kappa shape index (κ3) is 5.41. The van der Waals surface area contributed by atoms with Gasteiger partial charge in [0.25, 0.3) is 0 Å². The summed E-state index contributed by atoms with van der Waals surface area (Å²) < 4.78 is 0. The van der Waals surface area contributed by atoms with Crippen LogP contribution in [0.4, 0.5) is 0 Å². The van der Waals surface area contributed by atoms with Gasteiger partial charge in [0.15, 0.2) is 0 Å². The summed E-state index contributed by atoms with van der Waals surface area (Å²) in [5.74, 6) is 0. The Morgan fingerprint density at radius 2 is 2.22 bits per heavy atom. The Kier molecular flexibility index (Phi) is 5.38. The lowest BCUT2D eigenvalue weighted by atomic mass is 10.2. The Balaban J connectivity index is 3.15. The molecule has 0 saturated heterocycles. The van der Waals surface area contributed by atoms with Gasteiger partial charge in [-0.3, -0.25) is 0 Å². The number of hydrogen-bond acceptors (Lipinski definition) is 1. The van der Waals surface area contributed by atoms with Crippen molar-refractivity contribution in [3.05, 3.63) is 12.3 Å². The fourth-order valence-corrected chi connectivity index (χ4v) is 0.777. The summed E-state index contributed by atoms with van der Waals surface area (Å²) in [5.41, 5.74) is 0. The summed E-state index contributed by atoms with van der Waals surface area (Å²) >= 11 is 0. The van der Waals surface area contributed by atoms with Crippen molar-refractivity contribution in [2.45, 2.75) is 39.7 Å². The van der Waals surface area contributed by atoms with Crippen LogP contribution in [0.1, 0.15) is 33.6 Å². The van der Waals surface area contributed by atoms with Crippen LogP contribution in [-0.2, 0) is 0 Å². The molecule has 0 aromatic heterocycles. The second-order valence-corrected chi connectivity index (χ2v) is 2.36. The fraction of sp³-hybridized carbons (Fsp3) is 0.750. The summed E-state index contributed by atoms with van der Waals surface area (Å²) in [6.07, 6.45) is 6.53. The molecule has 0 spiro atoms. The second-order valence-electron chi connectivity index (χ2n) is 2.36. The van der Waals surface area contributed by atoms with Crippen molar-refractivity contribution in [1.82, 2.24) is 5.32 Å². The van der Waals surface area contributed by atoms with Crippen LogP contribution in [0.15, 0.2) is 12.3 Å². The van der Waals surface area contributed by atoms with Crippen LogP contribution in [0, 0.1) is 0 Å². The molecular formula is C8H17N. The Labute approximate surface area is 58.2 Å². The van der Waals surface area contributed by atoms with E-state index in [0.29, 0.717) is 6.04 Å². The van der Waals surface area contributed by atoms with Crippen molar-refractivity contribution in [1.29, 1.82) is 0 Å². The maximum Gasteiger partial charge on any atom is 0.0227 e. The van der Waals surface area contributed by atoms with Gasteiger partial charge in [-0.2, -0.15) is 0 Å². The largest absolute Gasteiger partial charge is 0.389 e. The smallest absolute Gasteiger partial charge is 0.0227 e. The third-order valence-corrected chi connectivity index (χ3v) is 1.27. The molecule has 9 heavy (non-hydrogen) atoms. The van der Waals surface area contributed by atoms with Crippen LogP contribution in [-0.4, -0.2) is 6.04 Å². The van der Waals surface area contributed by atoms with Gasteiger partial charge in [0.05, 0.1) is 0 Å². The fourth-order valence-electron chi connectivity index (χ4n) is 0.777. The normalized spacial score (nSPS) is 14.1. The summed E-state index contributed by atoms with van der Waals surface area (Å²) in [6.45, 7) is 6.42. The predicted octanol–water partition coefficient (Wildman–Crippen LogP) is 2.30. The molecule has 1 nitrogen and oxygen atoms in total. The maximum atomic E-state index is 3.25. The first-order chi connectivity index (χ1) is 4.31. The maximum absolute atomic E-state index is 3.25. The van der Waals surface area contributed by atoms with Gasteiger partial charge in [-0.1, -0.05) is 19.4 Å². The lowest BCUT2D eigenvalue weighted by molar-refractivity contribution is 0.578. The zero-order valence-corrected chi connectivity index (χ0v) is 6.65. The molecule has 0 aliphatic carbocycles. The van der Waals surface area contributed by atoms with Crippen molar-refractivity contribution >= 4 is 0 Å². The molecule has 0 aromatic rings. The molecule has 1 N–H and O–H groups in total. The minimum atomic E-state index is 0.631. The molecule has 0 rings (SSSR count). The Morgan fingerprint density at radius 3 is 2.67 bits per heavy atom. The summed E-state index contributed by atoms with van der Waals surface area (Å²) in [4.78, 5) is 0. The Bertz CT molecular complexity index is 76.6. The average Bonchev–Trinajstić information content (AvgIpc) is 1.85. The minimum absolute atomic E-state index is 0.631. The third-order valence-electron chi connectivity index (χ3n) is 1.27. The second kappa shape index (κ2) is 5.67. The highest BCUT2D eigenvalue weighted by molar-refractivity contribution is 4.77. The van der Waals surface area contributed by atoms with Gasteiger partial charge in [-0.05, 0) is 26.5 Å². The molecule has 1 heteroatoms. The van der Waals surface area contributed by atoms with Gasteiger partial charge in [0, 0.05) is 6.04 Å². The van der Waals surface area contributed by atoms with Gasteiger partial charge >= 0.3 is 0 Å². The first-order valence-electron chi connectivity index (χ1n) is 3.68. The molecule has 0 radical (unpaired) electrons. The monoisotopic (exact) mass is 127 g/mol. The molecule has 0 heterocycles.